The molecule has 6 heteroatoms. The van der Waals surface area contributed by atoms with Gasteiger partial charge >= 0.3 is 6.01 Å². The quantitative estimate of drug-likeness (QED) is 0.775. The Kier molecular flexibility index (Phi) is 4.01. The van der Waals surface area contributed by atoms with Crippen LogP contribution >= 0.6 is 11.6 Å². The molecule has 0 spiro atoms. The molecule has 0 amide bonds. The van der Waals surface area contributed by atoms with Gasteiger partial charge in [0, 0.05) is 24.9 Å². The summed E-state index contributed by atoms with van der Waals surface area (Å²) in [7, 11) is 0. The van der Waals surface area contributed by atoms with E-state index in [9.17, 15) is 0 Å². The summed E-state index contributed by atoms with van der Waals surface area (Å²) in [4.78, 5) is 0. The molecule has 16 heavy (non-hydrogen) atoms. The van der Waals surface area contributed by atoms with Crippen molar-refractivity contribution in [3.63, 3.8) is 0 Å². The fourth-order valence-corrected chi connectivity index (χ4v) is 1.89. The van der Waals surface area contributed by atoms with Gasteiger partial charge in [0.1, 0.15) is 0 Å². The Hall–Kier alpha value is -0.810. The average Bonchev–Trinajstić information content (AvgIpc) is 2.63. The molecule has 0 aliphatic heterocycles. The molecule has 1 aliphatic rings. The summed E-state index contributed by atoms with van der Waals surface area (Å²) in [6.07, 6.45) is 3.00. The van der Waals surface area contributed by atoms with Crippen molar-refractivity contribution >= 4 is 17.6 Å². The lowest BCUT2D eigenvalue weighted by atomic mass is 9.89. The number of anilines is 1. The fraction of sp³-hybridized carbons (Fsp3) is 0.800. The average molecular weight is 246 g/mol. The molecule has 1 fully saturated rings. The number of alkyl halides is 1. The predicted octanol–water partition coefficient (Wildman–Crippen LogP) is 1.83. The zero-order valence-electron chi connectivity index (χ0n) is 9.28. The van der Waals surface area contributed by atoms with Gasteiger partial charge in [-0.05, 0) is 19.8 Å². The third-order valence-corrected chi connectivity index (χ3v) is 2.79. The molecule has 1 saturated carbocycles. The maximum absolute atomic E-state index is 5.58. The van der Waals surface area contributed by atoms with E-state index in [1.165, 1.54) is 0 Å². The van der Waals surface area contributed by atoms with Crippen molar-refractivity contribution < 1.29 is 9.15 Å². The standard InChI is InChI=1S/C10H16ClN3O2/c1-2-15-8-5-7(6-8)12-10-14-13-9(16-10)3-4-11/h7-8H,2-6H2,1H3,(H,12,14). The third kappa shape index (κ3) is 2.86. The summed E-state index contributed by atoms with van der Waals surface area (Å²) >= 11 is 5.58. The van der Waals surface area contributed by atoms with Gasteiger partial charge in [0.25, 0.3) is 0 Å². The predicted molar refractivity (Wildman–Crippen MR) is 60.8 cm³/mol. The normalized spacial score (nSPS) is 24.1. The Labute approximate surface area is 99.5 Å². The number of hydrogen-bond acceptors (Lipinski definition) is 5. The molecule has 1 aromatic heterocycles. The molecule has 5 nitrogen and oxygen atoms in total. The van der Waals surface area contributed by atoms with E-state index in [1.54, 1.807) is 0 Å². The van der Waals surface area contributed by atoms with E-state index >= 15 is 0 Å². The van der Waals surface area contributed by atoms with Crippen LogP contribution in [0.25, 0.3) is 0 Å². The summed E-state index contributed by atoms with van der Waals surface area (Å²) in [6, 6.07) is 0.876. The van der Waals surface area contributed by atoms with Crippen LogP contribution in [0.5, 0.6) is 0 Å². The lowest BCUT2D eigenvalue weighted by molar-refractivity contribution is 0.00256. The van der Waals surface area contributed by atoms with Crippen molar-refractivity contribution in [1.82, 2.24) is 10.2 Å². The minimum Gasteiger partial charge on any atom is -0.408 e. The summed E-state index contributed by atoms with van der Waals surface area (Å²) < 4.78 is 10.8. The summed E-state index contributed by atoms with van der Waals surface area (Å²) in [5, 5.41) is 11.0. The minimum atomic E-state index is 0.382. The highest BCUT2D eigenvalue weighted by Gasteiger charge is 2.30. The summed E-state index contributed by atoms with van der Waals surface area (Å²) in [5.74, 6) is 1.08. The van der Waals surface area contributed by atoms with Gasteiger partial charge in [-0.1, -0.05) is 5.10 Å². The Morgan fingerprint density at radius 1 is 1.50 bits per heavy atom. The summed E-state index contributed by atoms with van der Waals surface area (Å²) in [5.41, 5.74) is 0. The van der Waals surface area contributed by atoms with Crippen molar-refractivity contribution in [2.75, 3.05) is 17.8 Å². The maximum Gasteiger partial charge on any atom is 0.315 e. The Morgan fingerprint density at radius 2 is 2.31 bits per heavy atom. The van der Waals surface area contributed by atoms with Gasteiger partial charge in [0.05, 0.1) is 6.10 Å². The van der Waals surface area contributed by atoms with E-state index in [4.69, 9.17) is 20.8 Å². The number of nitrogens with zero attached hydrogens (tertiary/aromatic N) is 2. The zero-order chi connectivity index (χ0) is 11.4. The lowest BCUT2D eigenvalue weighted by Gasteiger charge is -2.34. The first kappa shape index (κ1) is 11.7. The molecular weight excluding hydrogens is 230 g/mol. The molecule has 1 aromatic rings. The second kappa shape index (κ2) is 5.50. The number of halogens is 1. The largest absolute Gasteiger partial charge is 0.408 e. The Bertz CT molecular complexity index is 326. The maximum atomic E-state index is 5.58. The van der Waals surface area contributed by atoms with Gasteiger partial charge in [0.2, 0.25) is 5.89 Å². The van der Waals surface area contributed by atoms with E-state index in [-0.39, 0.29) is 0 Å². The third-order valence-electron chi connectivity index (χ3n) is 2.60. The molecule has 0 atom stereocenters. The van der Waals surface area contributed by atoms with Crippen molar-refractivity contribution in [2.45, 2.75) is 38.3 Å². The molecule has 1 heterocycles. The summed E-state index contributed by atoms with van der Waals surface area (Å²) in [6.45, 7) is 2.79. The molecule has 2 rings (SSSR count). The van der Waals surface area contributed by atoms with Gasteiger partial charge in [-0.2, -0.15) is 0 Å². The zero-order valence-corrected chi connectivity index (χ0v) is 10.0. The van der Waals surface area contributed by atoms with Crippen LogP contribution in [0.3, 0.4) is 0 Å². The monoisotopic (exact) mass is 245 g/mol. The van der Waals surface area contributed by atoms with Gasteiger partial charge in [-0.15, -0.1) is 16.7 Å². The van der Waals surface area contributed by atoms with Crippen LogP contribution in [0.1, 0.15) is 25.7 Å². The molecule has 0 radical (unpaired) electrons. The van der Waals surface area contributed by atoms with Gasteiger partial charge in [0.15, 0.2) is 0 Å². The van der Waals surface area contributed by atoms with Crippen molar-refractivity contribution in [2.24, 2.45) is 0 Å². The van der Waals surface area contributed by atoms with E-state index in [2.05, 4.69) is 15.5 Å². The number of rotatable bonds is 6. The van der Waals surface area contributed by atoms with Crippen LogP contribution in [0.2, 0.25) is 0 Å². The van der Waals surface area contributed by atoms with E-state index in [1.807, 2.05) is 6.92 Å². The fourth-order valence-electron chi connectivity index (χ4n) is 1.72. The minimum absolute atomic E-state index is 0.382. The lowest BCUT2D eigenvalue weighted by Crippen LogP contribution is -2.40. The molecule has 0 saturated heterocycles. The van der Waals surface area contributed by atoms with Gasteiger partial charge in [-0.3, -0.25) is 0 Å². The van der Waals surface area contributed by atoms with Crippen LogP contribution < -0.4 is 5.32 Å². The molecule has 0 unspecified atom stereocenters. The number of hydrogen-bond donors (Lipinski definition) is 1. The van der Waals surface area contributed by atoms with E-state index < -0.39 is 0 Å². The smallest absolute Gasteiger partial charge is 0.315 e. The number of nitrogens with one attached hydrogen (secondary N) is 1. The molecule has 90 valence electrons. The second-order valence-corrected chi connectivity index (χ2v) is 4.21. The first-order chi connectivity index (χ1) is 7.81. The Balaban J connectivity index is 1.73. The van der Waals surface area contributed by atoms with Crippen LogP contribution in [-0.4, -0.2) is 34.8 Å². The molecular formula is C10H16ClN3O2. The SMILES string of the molecule is CCOC1CC(Nc2nnc(CCCl)o2)C1. The second-order valence-electron chi connectivity index (χ2n) is 3.83. The van der Waals surface area contributed by atoms with Gasteiger partial charge in [-0.25, -0.2) is 0 Å². The van der Waals surface area contributed by atoms with Crippen LogP contribution in [-0.2, 0) is 11.2 Å². The number of aromatic nitrogens is 2. The van der Waals surface area contributed by atoms with Crippen molar-refractivity contribution in [3.8, 4) is 0 Å². The Morgan fingerprint density at radius 3 is 3.00 bits per heavy atom. The topological polar surface area (TPSA) is 60.2 Å². The van der Waals surface area contributed by atoms with Crippen LogP contribution in [0, 0.1) is 0 Å². The highest BCUT2D eigenvalue weighted by atomic mass is 35.5. The first-order valence-electron chi connectivity index (χ1n) is 5.58. The highest BCUT2D eigenvalue weighted by molar-refractivity contribution is 6.17. The molecule has 1 N–H and O–H groups in total. The van der Waals surface area contributed by atoms with Crippen LogP contribution in [0.15, 0.2) is 4.42 Å². The first-order valence-corrected chi connectivity index (χ1v) is 6.11. The number of ether oxygens (including phenoxy) is 1. The van der Waals surface area contributed by atoms with Gasteiger partial charge < -0.3 is 14.5 Å². The van der Waals surface area contributed by atoms with E-state index in [0.717, 1.165) is 19.4 Å². The molecule has 0 bridgehead atoms. The molecule has 0 aromatic carbocycles. The molecule has 1 aliphatic carbocycles. The van der Waals surface area contributed by atoms with Crippen LogP contribution in [0.4, 0.5) is 6.01 Å². The van der Waals surface area contributed by atoms with Crippen molar-refractivity contribution in [1.29, 1.82) is 0 Å². The van der Waals surface area contributed by atoms with Crippen molar-refractivity contribution in [3.05, 3.63) is 5.89 Å². The number of aryl methyl sites for hydroxylation is 1. The van der Waals surface area contributed by atoms with E-state index in [0.29, 0.717) is 36.4 Å². The highest BCUT2D eigenvalue weighted by Crippen LogP contribution is 2.26.